The van der Waals surface area contributed by atoms with Gasteiger partial charge in [0.25, 0.3) is 0 Å². The van der Waals surface area contributed by atoms with E-state index in [9.17, 15) is 28.6 Å². The van der Waals surface area contributed by atoms with E-state index in [-0.39, 0.29) is 17.9 Å². The average Bonchev–Trinajstić information content (AvgIpc) is 2.65. The number of aromatic hydroxyl groups is 1. The maximum absolute atomic E-state index is 13.5. The van der Waals surface area contributed by atoms with Crippen LogP contribution in [0.1, 0.15) is 24.0 Å². The maximum atomic E-state index is 13.5. The Morgan fingerprint density at radius 1 is 1.11 bits per heavy atom. The Morgan fingerprint density at radius 3 is 2.29 bits per heavy atom. The van der Waals surface area contributed by atoms with Crippen molar-refractivity contribution in [2.24, 2.45) is 5.92 Å². The van der Waals surface area contributed by atoms with Crippen molar-refractivity contribution < 1.29 is 28.6 Å². The van der Waals surface area contributed by atoms with E-state index in [1.165, 1.54) is 18.2 Å². The van der Waals surface area contributed by atoms with E-state index in [1.807, 2.05) is 0 Å². The molecule has 0 aromatic heterocycles. The average molecular weight is 409 g/mol. The highest BCUT2D eigenvalue weighted by molar-refractivity contribution is 7.80. The summed E-state index contributed by atoms with van der Waals surface area (Å²) in [6, 6.07) is 8.20. The number of carbonyl (C=O) groups excluding carboxylic acids is 1. The summed E-state index contributed by atoms with van der Waals surface area (Å²) >= 11 is 4.17. The summed E-state index contributed by atoms with van der Waals surface area (Å²) in [5.74, 6) is -4.85. The zero-order valence-electron chi connectivity index (χ0n) is 15.1. The molecule has 150 valence electrons. The number of benzene rings is 2. The Bertz CT molecular complexity index is 845. The molecule has 2 aromatic rings. The highest BCUT2D eigenvalue weighted by Crippen LogP contribution is 2.27. The smallest absolute Gasteiger partial charge is 0.326 e. The van der Waals surface area contributed by atoms with Crippen LogP contribution in [0.3, 0.4) is 0 Å². The molecule has 0 spiro atoms. The summed E-state index contributed by atoms with van der Waals surface area (Å²) < 4.78 is 26.7. The first-order valence-electron chi connectivity index (χ1n) is 8.59. The van der Waals surface area contributed by atoms with E-state index >= 15 is 0 Å². The topological polar surface area (TPSA) is 86.6 Å². The van der Waals surface area contributed by atoms with Crippen molar-refractivity contribution in [1.29, 1.82) is 0 Å². The van der Waals surface area contributed by atoms with Crippen LogP contribution in [0.15, 0.2) is 42.5 Å². The number of thiol groups is 1. The van der Waals surface area contributed by atoms with Crippen molar-refractivity contribution in [2.75, 3.05) is 5.75 Å². The molecule has 2 aromatic carbocycles. The second-order valence-electron chi connectivity index (χ2n) is 6.52. The van der Waals surface area contributed by atoms with Gasteiger partial charge in [-0.1, -0.05) is 25.1 Å². The fourth-order valence-corrected chi connectivity index (χ4v) is 3.32. The highest BCUT2D eigenvalue weighted by atomic mass is 32.1. The van der Waals surface area contributed by atoms with Gasteiger partial charge < -0.3 is 15.5 Å². The highest BCUT2D eigenvalue weighted by Gasteiger charge is 2.29. The van der Waals surface area contributed by atoms with E-state index in [4.69, 9.17) is 0 Å². The lowest BCUT2D eigenvalue weighted by Gasteiger charge is -2.24. The third kappa shape index (κ3) is 5.45. The lowest BCUT2D eigenvalue weighted by Crippen LogP contribution is -2.46. The predicted octanol–water partition coefficient (Wildman–Crippen LogP) is 3.13. The number of phenols is 1. The molecule has 0 aliphatic heterocycles. The number of rotatable bonds is 8. The van der Waals surface area contributed by atoms with Gasteiger partial charge in [0.1, 0.15) is 11.8 Å². The van der Waals surface area contributed by atoms with Gasteiger partial charge in [0.15, 0.2) is 11.6 Å². The van der Waals surface area contributed by atoms with Crippen molar-refractivity contribution in [1.82, 2.24) is 5.32 Å². The monoisotopic (exact) mass is 409 g/mol. The molecule has 0 saturated heterocycles. The normalized spacial score (nSPS) is 14.1. The Kier molecular flexibility index (Phi) is 7.39. The van der Waals surface area contributed by atoms with E-state index in [0.717, 1.165) is 12.1 Å². The summed E-state index contributed by atoms with van der Waals surface area (Å²) in [4.78, 5) is 24.2. The minimum atomic E-state index is -1.21. The number of amides is 1. The van der Waals surface area contributed by atoms with Gasteiger partial charge in [-0.3, -0.25) is 4.79 Å². The first kappa shape index (κ1) is 21.7. The van der Waals surface area contributed by atoms with Gasteiger partial charge in [0.2, 0.25) is 5.91 Å². The van der Waals surface area contributed by atoms with Crippen LogP contribution in [-0.2, 0) is 16.0 Å². The molecule has 0 fully saturated rings. The zero-order valence-corrected chi connectivity index (χ0v) is 16.0. The van der Waals surface area contributed by atoms with Crippen molar-refractivity contribution in [3.63, 3.8) is 0 Å². The van der Waals surface area contributed by atoms with E-state index in [1.54, 1.807) is 19.1 Å². The van der Waals surface area contributed by atoms with Crippen molar-refractivity contribution in [3.8, 4) is 5.75 Å². The third-order valence-corrected chi connectivity index (χ3v) is 4.99. The van der Waals surface area contributed by atoms with Gasteiger partial charge in [-0.15, -0.1) is 0 Å². The van der Waals surface area contributed by atoms with Crippen LogP contribution in [0.2, 0.25) is 0 Å². The molecule has 0 radical (unpaired) electrons. The van der Waals surface area contributed by atoms with Gasteiger partial charge >= 0.3 is 5.97 Å². The Morgan fingerprint density at radius 2 is 1.75 bits per heavy atom. The van der Waals surface area contributed by atoms with Gasteiger partial charge in [0.05, 0.1) is 5.92 Å². The molecule has 1 amide bonds. The number of carbonyl (C=O) groups is 2. The first-order valence-corrected chi connectivity index (χ1v) is 9.23. The fraction of sp³-hybridized carbons (Fsp3) is 0.300. The van der Waals surface area contributed by atoms with E-state index in [0.29, 0.717) is 11.1 Å². The summed E-state index contributed by atoms with van der Waals surface area (Å²) in [5.41, 5.74) is 1.04. The Hall–Kier alpha value is -2.61. The lowest BCUT2D eigenvalue weighted by molar-refractivity contribution is -0.142. The minimum Gasteiger partial charge on any atom is -0.508 e. The molecular formula is C20H21F2NO4S. The van der Waals surface area contributed by atoms with Crippen molar-refractivity contribution >= 4 is 24.5 Å². The summed E-state index contributed by atoms with van der Waals surface area (Å²) in [7, 11) is 0. The van der Waals surface area contributed by atoms with Gasteiger partial charge in [0, 0.05) is 12.2 Å². The predicted molar refractivity (Wildman–Crippen MR) is 103 cm³/mol. The number of halogens is 2. The first-order chi connectivity index (χ1) is 13.2. The lowest BCUT2D eigenvalue weighted by atomic mass is 9.87. The van der Waals surface area contributed by atoms with E-state index in [2.05, 4.69) is 17.9 Å². The standard InChI is InChI=1S/C20H21F2NO4S/c1-11(13-4-7-16(21)17(22)9-13)15(10-28)19(25)23-18(20(26)27)8-12-2-5-14(24)6-3-12/h2-7,9,11,15,18,24,28H,8,10H2,1H3,(H,23,25)(H,26,27). The number of hydrogen-bond acceptors (Lipinski definition) is 4. The van der Waals surface area contributed by atoms with Crippen molar-refractivity contribution in [3.05, 3.63) is 65.2 Å². The van der Waals surface area contributed by atoms with Crippen molar-refractivity contribution in [2.45, 2.75) is 25.3 Å². The summed E-state index contributed by atoms with van der Waals surface area (Å²) in [6.45, 7) is 1.67. The molecule has 28 heavy (non-hydrogen) atoms. The number of nitrogens with one attached hydrogen (secondary N) is 1. The van der Waals surface area contributed by atoms with Crippen LogP contribution in [-0.4, -0.2) is 33.9 Å². The van der Waals surface area contributed by atoms with Gasteiger partial charge in [-0.25, -0.2) is 13.6 Å². The second kappa shape index (κ2) is 9.54. The number of phenolic OH excluding ortho intramolecular Hbond substituents is 1. The molecule has 0 saturated carbocycles. The molecule has 0 bridgehead atoms. The second-order valence-corrected chi connectivity index (χ2v) is 6.89. The quantitative estimate of drug-likeness (QED) is 0.505. The fourth-order valence-electron chi connectivity index (χ4n) is 2.84. The van der Waals surface area contributed by atoms with Crippen LogP contribution in [0, 0.1) is 17.6 Å². The van der Waals surface area contributed by atoms with Crippen LogP contribution in [0.5, 0.6) is 5.75 Å². The summed E-state index contributed by atoms with van der Waals surface area (Å²) in [6.07, 6.45) is 0.0280. The molecule has 3 atom stereocenters. The molecule has 8 heteroatoms. The Balaban J connectivity index is 2.13. The molecule has 0 aliphatic rings. The largest absolute Gasteiger partial charge is 0.508 e. The number of aliphatic carboxylic acids is 1. The van der Waals surface area contributed by atoms with E-state index < -0.39 is 41.4 Å². The Labute approximate surface area is 166 Å². The molecule has 2 rings (SSSR count). The number of carboxylic acids is 1. The number of hydrogen-bond donors (Lipinski definition) is 4. The van der Waals surface area contributed by atoms with Crippen LogP contribution >= 0.6 is 12.6 Å². The molecule has 0 heterocycles. The van der Waals surface area contributed by atoms with Crippen LogP contribution in [0.25, 0.3) is 0 Å². The van der Waals surface area contributed by atoms with Crippen LogP contribution < -0.4 is 5.32 Å². The minimum absolute atomic E-state index is 0.0280. The summed E-state index contributed by atoms with van der Waals surface area (Å²) in [5, 5.41) is 21.2. The molecular weight excluding hydrogens is 388 g/mol. The third-order valence-electron chi connectivity index (χ3n) is 4.60. The number of carboxylic acid groups (broad SMARTS) is 1. The maximum Gasteiger partial charge on any atom is 0.326 e. The molecule has 0 aliphatic carbocycles. The molecule has 5 nitrogen and oxygen atoms in total. The molecule has 3 unspecified atom stereocenters. The molecule has 3 N–H and O–H groups in total. The zero-order chi connectivity index (χ0) is 20.8. The van der Waals surface area contributed by atoms with Crippen LogP contribution in [0.4, 0.5) is 8.78 Å². The van der Waals surface area contributed by atoms with Gasteiger partial charge in [-0.2, -0.15) is 12.6 Å². The SMILES string of the molecule is CC(c1ccc(F)c(F)c1)C(CS)C(=O)NC(Cc1ccc(O)cc1)C(=O)O. The van der Waals surface area contributed by atoms with Gasteiger partial charge in [-0.05, 0) is 41.3 Å².